The maximum atomic E-state index is 13.9. The molecular weight excluding hydrogens is 363 g/mol. The monoisotopic (exact) mass is 386 g/mol. The first-order chi connectivity index (χ1) is 13.4. The van der Waals surface area contributed by atoms with Gasteiger partial charge in [-0.05, 0) is 30.2 Å². The Hall–Kier alpha value is -3.42. The fraction of sp³-hybridized carbons (Fsp3) is 0.250. The van der Waals surface area contributed by atoms with Gasteiger partial charge in [-0.25, -0.2) is 9.38 Å². The Balaban J connectivity index is 2.11. The van der Waals surface area contributed by atoms with E-state index < -0.39 is 10.7 Å². The molecule has 0 spiro atoms. The number of rotatable bonds is 8. The molecular formula is C20H23FN4O3. The highest BCUT2D eigenvalue weighted by molar-refractivity contribution is 5.80. The van der Waals surface area contributed by atoms with Crippen molar-refractivity contribution in [2.24, 2.45) is 4.99 Å². The zero-order valence-electron chi connectivity index (χ0n) is 15.8. The van der Waals surface area contributed by atoms with Gasteiger partial charge in [0.2, 0.25) is 0 Å². The molecule has 1 atom stereocenters. The van der Waals surface area contributed by atoms with E-state index in [0.717, 1.165) is 11.1 Å². The highest BCUT2D eigenvalue weighted by atomic mass is 19.1. The lowest BCUT2D eigenvalue weighted by Gasteiger charge is -2.19. The van der Waals surface area contributed by atoms with E-state index in [-0.39, 0.29) is 17.5 Å². The van der Waals surface area contributed by atoms with Gasteiger partial charge in [0.05, 0.1) is 24.6 Å². The number of non-ortho nitro benzene ring substituents is 1. The number of nitro groups is 1. The van der Waals surface area contributed by atoms with Crippen LogP contribution in [0.25, 0.3) is 0 Å². The number of nitro benzene ring substituents is 1. The van der Waals surface area contributed by atoms with Gasteiger partial charge in [0.25, 0.3) is 5.69 Å². The molecule has 0 aliphatic carbocycles. The lowest BCUT2D eigenvalue weighted by atomic mass is 10.1. The number of aliphatic imine (C=N–C) groups is 1. The van der Waals surface area contributed by atoms with E-state index in [9.17, 15) is 14.5 Å². The van der Waals surface area contributed by atoms with Gasteiger partial charge >= 0.3 is 0 Å². The molecule has 0 saturated heterocycles. The molecule has 148 valence electrons. The van der Waals surface area contributed by atoms with E-state index in [4.69, 9.17) is 4.74 Å². The Morgan fingerprint density at radius 2 is 2.07 bits per heavy atom. The van der Waals surface area contributed by atoms with E-state index >= 15 is 0 Å². The molecule has 2 N–H and O–H groups in total. The quantitative estimate of drug-likeness (QED) is 0.237. The lowest BCUT2D eigenvalue weighted by Crippen LogP contribution is -2.38. The summed E-state index contributed by atoms with van der Waals surface area (Å²) in [4.78, 5) is 14.8. The number of guanidine groups is 1. The molecule has 0 bridgehead atoms. The zero-order valence-corrected chi connectivity index (χ0v) is 15.8. The predicted molar refractivity (Wildman–Crippen MR) is 107 cm³/mol. The van der Waals surface area contributed by atoms with Crippen LogP contribution in [-0.2, 0) is 6.54 Å². The van der Waals surface area contributed by atoms with Crippen LogP contribution >= 0.6 is 0 Å². The minimum absolute atomic E-state index is 0.0333. The number of benzene rings is 2. The lowest BCUT2D eigenvalue weighted by molar-refractivity contribution is -0.384. The van der Waals surface area contributed by atoms with Crippen LogP contribution in [0.5, 0.6) is 5.75 Å². The van der Waals surface area contributed by atoms with Crippen LogP contribution in [0.1, 0.15) is 24.1 Å². The van der Waals surface area contributed by atoms with Gasteiger partial charge in [0, 0.05) is 18.7 Å². The van der Waals surface area contributed by atoms with Gasteiger partial charge in [0.15, 0.2) is 17.5 Å². The van der Waals surface area contributed by atoms with Crippen LogP contribution in [0.3, 0.4) is 0 Å². The van der Waals surface area contributed by atoms with E-state index in [1.165, 1.54) is 25.3 Å². The van der Waals surface area contributed by atoms with Crippen LogP contribution < -0.4 is 15.4 Å². The third kappa shape index (κ3) is 5.80. The van der Waals surface area contributed by atoms with Crippen molar-refractivity contribution in [1.82, 2.24) is 10.6 Å². The average Bonchev–Trinajstić information content (AvgIpc) is 2.70. The number of hydrogen-bond donors (Lipinski definition) is 2. The fourth-order valence-corrected chi connectivity index (χ4v) is 2.46. The normalized spacial score (nSPS) is 12.2. The number of nitrogens with zero attached hydrogens (tertiary/aromatic N) is 2. The Morgan fingerprint density at radius 1 is 1.36 bits per heavy atom. The van der Waals surface area contributed by atoms with Crippen molar-refractivity contribution in [3.8, 4) is 5.75 Å². The summed E-state index contributed by atoms with van der Waals surface area (Å²) >= 11 is 0. The molecule has 8 heteroatoms. The Labute approximate surface area is 163 Å². The summed E-state index contributed by atoms with van der Waals surface area (Å²) in [6, 6.07) is 10.8. The number of methoxy groups -OCH3 is 1. The second kappa shape index (κ2) is 10.1. The topological polar surface area (TPSA) is 88.8 Å². The molecule has 0 heterocycles. The second-order valence-electron chi connectivity index (χ2n) is 6.02. The first kappa shape index (κ1) is 20.9. The standard InChI is InChI=1S/C20H23FN4O3/c1-4-11-22-20(23-13-15-5-8-17(9-6-15)25(26)27)24-14(2)16-7-10-19(28-3)18(21)12-16/h4-10,12,14H,1,11,13H2,2-3H3,(H2,22,23,24). The van der Waals surface area contributed by atoms with Crippen LogP contribution in [0, 0.1) is 15.9 Å². The third-order valence-electron chi connectivity index (χ3n) is 4.01. The fourth-order valence-electron chi connectivity index (χ4n) is 2.46. The number of ether oxygens (including phenoxy) is 1. The molecule has 2 aromatic carbocycles. The largest absolute Gasteiger partial charge is 0.494 e. The van der Waals surface area contributed by atoms with Gasteiger partial charge in [0.1, 0.15) is 0 Å². The van der Waals surface area contributed by atoms with Crippen molar-refractivity contribution >= 4 is 11.6 Å². The zero-order chi connectivity index (χ0) is 20.5. The van der Waals surface area contributed by atoms with Crippen LogP contribution in [0.15, 0.2) is 60.1 Å². The van der Waals surface area contributed by atoms with Gasteiger partial charge in [-0.2, -0.15) is 0 Å². The molecule has 1 unspecified atom stereocenters. The second-order valence-corrected chi connectivity index (χ2v) is 6.02. The van der Waals surface area contributed by atoms with E-state index in [2.05, 4.69) is 22.2 Å². The van der Waals surface area contributed by atoms with Crippen LogP contribution in [0.2, 0.25) is 0 Å². The van der Waals surface area contributed by atoms with Gasteiger partial charge in [-0.3, -0.25) is 10.1 Å². The molecule has 2 aromatic rings. The molecule has 0 amide bonds. The van der Waals surface area contributed by atoms with Crippen molar-refractivity contribution in [2.45, 2.75) is 19.5 Å². The highest BCUT2D eigenvalue weighted by Crippen LogP contribution is 2.21. The van der Waals surface area contributed by atoms with Crippen molar-refractivity contribution in [2.75, 3.05) is 13.7 Å². The molecule has 0 radical (unpaired) electrons. The first-order valence-corrected chi connectivity index (χ1v) is 8.67. The van der Waals surface area contributed by atoms with E-state index in [1.807, 2.05) is 6.92 Å². The number of hydrogen-bond acceptors (Lipinski definition) is 4. The van der Waals surface area contributed by atoms with Crippen LogP contribution in [-0.4, -0.2) is 24.5 Å². The Morgan fingerprint density at radius 3 is 2.64 bits per heavy atom. The van der Waals surface area contributed by atoms with Crippen LogP contribution in [0.4, 0.5) is 10.1 Å². The number of halogens is 1. The molecule has 0 saturated carbocycles. The molecule has 0 fully saturated rings. The summed E-state index contributed by atoms with van der Waals surface area (Å²) in [5, 5.41) is 17.0. The Bertz CT molecular complexity index is 853. The maximum absolute atomic E-state index is 13.9. The Kier molecular flexibility index (Phi) is 7.50. The third-order valence-corrected chi connectivity index (χ3v) is 4.01. The molecule has 2 rings (SSSR count). The molecule has 7 nitrogen and oxygen atoms in total. The molecule has 0 aromatic heterocycles. The van der Waals surface area contributed by atoms with Crippen molar-refractivity contribution in [3.05, 3.63) is 82.2 Å². The van der Waals surface area contributed by atoms with Gasteiger partial charge in [-0.15, -0.1) is 6.58 Å². The molecule has 0 aliphatic rings. The van der Waals surface area contributed by atoms with Gasteiger partial charge < -0.3 is 15.4 Å². The summed E-state index contributed by atoms with van der Waals surface area (Å²) in [6.07, 6.45) is 1.70. The number of nitrogens with one attached hydrogen (secondary N) is 2. The van der Waals surface area contributed by atoms with E-state index in [0.29, 0.717) is 19.0 Å². The summed E-state index contributed by atoms with van der Waals surface area (Å²) in [5.74, 6) is 0.270. The first-order valence-electron chi connectivity index (χ1n) is 8.67. The predicted octanol–water partition coefficient (Wildman–Crippen LogP) is 3.72. The molecule has 0 aliphatic heterocycles. The van der Waals surface area contributed by atoms with Crippen molar-refractivity contribution < 1.29 is 14.1 Å². The smallest absolute Gasteiger partial charge is 0.269 e. The van der Waals surface area contributed by atoms with E-state index in [1.54, 1.807) is 30.3 Å². The average molecular weight is 386 g/mol. The summed E-state index contributed by atoms with van der Waals surface area (Å²) in [7, 11) is 1.42. The minimum atomic E-state index is -0.443. The molecule has 28 heavy (non-hydrogen) atoms. The maximum Gasteiger partial charge on any atom is 0.269 e. The SMILES string of the molecule is C=CCNC(=NCc1ccc([N+](=O)[O-])cc1)NC(C)c1ccc(OC)c(F)c1. The van der Waals surface area contributed by atoms with Gasteiger partial charge in [-0.1, -0.05) is 24.3 Å². The minimum Gasteiger partial charge on any atom is -0.494 e. The summed E-state index contributed by atoms with van der Waals surface area (Å²) in [5.41, 5.74) is 1.60. The van der Waals surface area contributed by atoms with Crippen molar-refractivity contribution in [1.29, 1.82) is 0 Å². The van der Waals surface area contributed by atoms with Crippen molar-refractivity contribution in [3.63, 3.8) is 0 Å². The summed E-state index contributed by atoms with van der Waals surface area (Å²) in [6.45, 7) is 6.38. The summed E-state index contributed by atoms with van der Waals surface area (Å²) < 4.78 is 18.9. The highest BCUT2D eigenvalue weighted by Gasteiger charge is 2.11.